The van der Waals surface area contributed by atoms with Gasteiger partial charge in [0, 0.05) is 0 Å². The molecule has 0 saturated heterocycles. The summed E-state index contributed by atoms with van der Waals surface area (Å²) in [4.78, 5) is 19.7. The van der Waals surface area contributed by atoms with Crippen molar-refractivity contribution in [1.29, 1.82) is 0 Å². The van der Waals surface area contributed by atoms with Crippen LogP contribution in [0.25, 0.3) is 0 Å². The van der Waals surface area contributed by atoms with Crippen LogP contribution in [0.15, 0.2) is 0 Å². The lowest BCUT2D eigenvalue weighted by Crippen LogP contribution is -1.99. The van der Waals surface area contributed by atoms with Gasteiger partial charge in [0.05, 0.1) is 0 Å². The molecule has 8 heteroatoms. The van der Waals surface area contributed by atoms with Crippen molar-refractivity contribution in [2.45, 2.75) is 0 Å². The summed E-state index contributed by atoms with van der Waals surface area (Å²) in [7, 11) is 2.05. The normalized spacial score (nSPS) is 7.67. The van der Waals surface area contributed by atoms with Gasteiger partial charge in [-0.15, -0.1) is 0 Å². The Bertz CT molecular complexity index is 127. The van der Waals surface area contributed by atoms with Crippen LogP contribution in [-0.2, 0) is 9.59 Å². The average Bonchev–Trinajstić information content (AvgIpc) is 1.79. The molecule has 0 aliphatic rings. The van der Waals surface area contributed by atoms with Crippen LogP contribution in [0.2, 0.25) is 0 Å². The Hall–Kier alpha value is -0.440. The quantitative estimate of drug-likeness (QED) is 0.403. The smallest absolute Gasteiger partial charge is 0.314 e. The van der Waals surface area contributed by atoms with Gasteiger partial charge in [0.15, 0.2) is 0 Å². The van der Waals surface area contributed by atoms with Crippen molar-refractivity contribution in [2.24, 2.45) is 0 Å². The Morgan fingerprint density at radius 1 is 0.917 bits per heavy atom. The van der Waals surface area contributed by atoms with Crippen LogP contribution in [0.3, 0.4) is 0 Å². The number of hydrogen-bond donors (Lipinski definition) is 4. The second-order valence-electron chi connectivity index (χ2n) is 1.31. The zero-order chi connectivity index (χ0) is 7.98. The molecular formula is C4H14N2O4S2+2. The lowest BCUT2D eigenvalue weighted by Gasteiger charge is -1.91. The van der Waals surface area contributed by atoms with Crippen LogP contribution < -0.4 is 12.3 Å². The van der Waals surface area contributed by atoms with E-state index in [1.165, 1.54) is 0 Å². The highest BCUT2D eigenvalue weighted by atomic mass is 33.1. The molecule has 12 heavy (non-hydrogen) atoms. The molecule has 0 aromatic rings. The van der Waals surface area contributed by atoms with E-state index in [9.17, 15) is 9.59 Å². The fourth-order valence-electron chi connectivity index (χ4n) is 0.184. The number of carbonyl (C=O) groups is 2. The van der Waals surface area contributed by atoms with Gasteiger partial charge in [-0.25, -0.2) is 0 Å². The van der Waals surface area contributed by atoms with Crippen molar-refractivity contribution in [3.63, 3.8) is 0 Å². The lowest BCUT2D eigenvalue weighted by molar-refractivity contribution is -0.135. The molecule has 10 N–H and O–H groups in total. The van der Waals surface area contributed by atoms with E-state index in [1.807, 2.05) is 0 Å². The molecule has 0 fully saturated rings. The fraction of sp³-hybridized carbons (Fsp3) is 0.500. The van der Waals surface area contributed by atoms with Crippen molar-refractivity contribution in [3.05, 3.63) is 0 Å². The van der Waals surface area contributed by atoms with Crippen molar-refractivity contribution in [3.8, 4) is 0 Å². The molecule has 0 aliphatic heterocycles. The van der Waals surface area contributed by atoms with E-state index >= 15 is 0 Å². The molecule has 0 aromatic heterocycles. The number of carboxylic acid groups (broad SMARTS) is 2. The van der Waals surface area contributed by atoms with E-state index in [4.69, 9.17) is 10.2 Å². The topological polar surface area (TPSA) is 148 Å². The lowest BCUT2D eigenvalue weighted by atomic mass is 10.8. The Kier molecular flexibility index (Phi) is 15.5. The predicted molar refractivity (Wildman–Crippen MR) is 52.2 cm³/mol. The van der Waals surface area contributed by atoms with E-state index in [2.05, 4.69) is 0 Å². The highest BCUT2D eigenvalue weighted by Gasteiger charge is 2.00. The zero-order valence-corrected chi connectivity index (χ0v) is 8.57. The first-order chi connectivity index (χ1) is 4.63. The van der Waals surface area contributed by atoms with Gasteiger partial charge in [0.25, 0.3) is 0 Å². The fourth-order valence-corrected chi connectivity index (χ4v) is 1.66. The number of aliphatic carboxylic acids is 2. The second-order valence-corrected chi connectivity index (χ2v) is 3.77. The summed E-state index contributed by atoms with van der Waals surface area (Å²) >= 11 is 0. The third kappa shape index (κ3) is 16.3. The summed E-state index contributed by atoms with van der Waals surface area (Å²) in [5, 5.41) is 16.2. The van der Waals surface area contributed by atoms with Crippen LogP contribution in [0, 0.1) is 0 Å². The molecule has 0 saturated carbocycles. The van der Waals surface area contributed by atoms with Gasteiger partial charge in [-0.2, -0.15) is 0 Å². The highest BCUT2D eigenvalue weighted by Crippen LogP contribution is 2.19. The molecule has 0 spiro atoms. The van der Waals surface area contributed by atoms with Crippen LogP contribution in [0.1, 0.15) is 0 Å². The van der Waals surface area contributed by atoms with Gasteiger partial charge < -0.3 is 22.5 Å². The monoisotopic (exact) mass is 218 g/mol. The van der Waals surface area contributed by atoms with Gasteiger partial charge >= 0.3 is 11.9 Å². The Balaban J connectivity index is -0.000000405. The first-order valence-corrected chi connectivity index (χ1v) is 4.79. The Morgan fingerprint density at radius 3 is 1.33 bits per heavy atom. The van der Waals surface area contributed by atoms with Crippen molar-refractivity contribution < 1.29 is 19.8 Å². The first-order valence-electron chi connectivity index (χ1n) is 2.31. The van der Waals surface area contributed by atoms with E-state index in [-0.39, 0.29) is 23.8 Å². The second kappa shape index (κ2) is 10.6. The number of quaternary nitrogens is 2. The highest BCUT2D eigenvalue weighted by molar-refractivity contribution is 8.77. The molecule has 74 valence electrons. The number of rotatable bonds is 5. The van der Waals surface area contributed by atoms with Gasteiger partial charge in [-0.3, -0.25) is 9.59 Å². The maximum absolute atomic E-state index is 9.86. The maximum Gasteiger partial charge on any atom is 0.314 e. The molecule has 0 heterocycles. The summed E-state index contributed by atoms with van der Waals surface area (Å²) in [5.74, 6) is -1.97. The van der Waals surface area contributed by atoms with Crippen molar-refractivity contribution in [1.82, 2.24) is 12.3 Å². The summed E-state index contributed by atoms with van der Waals surface area (Å²) < 4.78 is 0. The molecule has 0 radical (unpaired) electrons. The minimum absolute atomic E-state index is 0. The van der Waals surface area contributed by atoms with Crippen LogP contribution >= 0.6 is 21.6 Å². The number of carboxylic acids is 2. The average molecular weight is 218 g/mol. The zero-order valence-electron chi connectivity index (χ0n) is 6.94. The van der Waals surface area contributed by atoms with Crippen LogP contribution in [0.5, 0.6) is 0 Å². The van der Waals surface area contributed by atoms with Gasteiger partial charge in [0.1, 0.15) is 11.5 Å². The molecule has 0 bridgehead atoms. The summed E-state index contributed by atoms with van der Waals surface area (Å²) in [6, 6.07) is 0. The molecular weight excluding hydrogens is 204 g/mol. The summed E-state index contributed by atoms with van der Waals surface area (Å²) in [5.41, 5.74) is 0. The number of hydrogen-bond acceptors (Lipinski definition) is 4. The summed E-state index contributed by atoms with van der Waals surface area (Å²) in [6.07, 6.45) is 0. The van der Waals surface area contributed by atoms with Crippen molar-refractivity contribution in [2.75, 3.05) is 11.5 Å². The molecule has 0 aliphatic carbocycles. The maximum atomic E-state index is 9.86. The molecule has 0 amide bonds. The Morgan fingerprint density at radius 2 is 1.17 bits per heavy atom. The Labute approximate surface area is 77.7 Å². The van der Waals surface area contributed by atoms with Crippen LogP contribution in [-0.4, -0.2) is 33.7 Å². The molecule has 6 nitrogen and oxygen atoms in total. The SMILES string of the molecule is O=C(O)CSSCC(=O)O.[NH4+].[NH4+]. The molecule has 0 unspecified atom stereocenters. The standard InChI is InChI=1S/C4H6O4S2.2H3N/c5-3(6)1-9-10-2-4(7)8;;/h1-2H2,(H,5,6)(H,7,8);2*1H3/p+2. The van der Waals surface area contributed by atoms with Gasteiger partial charge in [-0.05, 0) is 0 Å². The van der Waals surface area contributed by atoms with Crippen LogP contribution in [0.4, 0.5) is 0 Å². The minimum atomic E-state index is -0.928. The largest absolute Gasteiger partial charge is 0.481 e. The first kappa shape index (κ1) is 17.6. The third-order valence-electron chi connectivity index (χ3n) is 0.448. The van der Waals surface area contributed by atoms with E-state index < -0.39 is 11.9 Å². The third-order valence-corrected chi connectivity index (χ3v) is 2.55. The van der Waals surface area contributed by atoms with E-state index in [0.717, 1.165) is 21.6 Å². The van der Waals surface area contributed by atoms with Crippen molar-refractivity contribution >= 4 is 33.5 Å². The molecule has 0 atom stereocenters. The molecule has 0 aromatic carbocycles. The predicted octanol–water partition coefficient (Wildman–Crippen LogP) is 1.29. The molecule has 0 rings (SSSR count). The van der Waals surface area contributed by atoms with Gasteiger partial charge in [0.2, 0.25) is 0 Å². The van der Waals surface area contributed by atoms with Gasteiger partial charge in [-0.1, -0.05) is 21.6 Å². The minimum Gasteiger partial charge on any atom is -0.481 e. The van der Waals surface area contributed by atoms with E-state index in [0.29, 0.717) is 0 Å². The summed E-state index contributed by atoms with van der Waals surface area (Å²) in [6.45, 7) is 0. The van der Waals surface area contributed by atoms with E-state index in [1.54, 1.807) is 0 Å².